The number of aromatic nitrogens is 3. The number of aryl methyl sites for hydroxylation is 3. The van der Waals surface area contributed by atoms with E-state index in [9.17, 15) is 4.79 Å². The first kappa shape index (κ1) is 21.3. The summed E-state index contributed by atoms with van der Waals surface area (Å²) in [5.74, 6) is -0.183. The predicted octanol–water partition coefficient (Wildman–Crippen LogP) is 5.23. The summed E-state index contributed by atoms with van der Waals surface area (Å²) in [7, 11) is 0. The molecule has 0 saturated heterocycles. The lowest BCUT2D eigenvalue weighted by molar-refractivity contribution is 0.102. The molecule has 3 aromatic carbocycles. The Morgan fingerprint density at radius 2 is 1.56 bits per heavy atom. The van der Waals surface area contributed by atoms with E-state index in [0.717, 1.165) is 22.3 Å². The number of amides is 1. The van der Waals surface area contributed by atoms with Gasteiger partial charge in [-0.15, -0.1) is 0 Å². The molecule has 34 heavy (non-hydrogen) atoms. The number of nitrogens with zero attached hydrogens (tertiary/aromatic N) is 4. The largest absolute Gasteiger partial charge is 0.383 e. The fourth-order valence-electron chi connectivity index (χ4n) is 4.01. The molecule has 0 fully saturated rings. The quantitative estimate of drug-likeness (QED) is 0.368. The van der Waals surface area contributed by atoms with Gasteiger partial charge in [-0.05, 0) is 61.7 Å². The monoisotopic (exact) mass is 448 g/mol. The molecule has 0 aliphatic carbocycles. The SMILES string of the molecule is Cc1ccc(/C=N/n2c(N)c(C(=O)Nc3cc(C)cc(C)c3)c3nc4ccccc4nc32)cc1. The highest BCUT2D eigenvalue weighted by Gasteiger charge is 2.24. The standard InChI is InChI=1S/C27H24N6O/c1-16-8-10-19(11-9-16)15-29-33-25(28)23(27(34)30-20-13-17(2)12-18(3)14-20)24-26(33)32-22-7-5-4-6-21(22)31-24/h4-15H,28H2,1-3H3,(H,30,34)/b29-15+. The minimum absolute atomic E-state index is 0.176. The van der Waals surface area contributed by atoms with Crippen molar-refractivity contribution in [2.24, 2.45) is 5.10 Å². The van der Waals surface area contributed by atoms with Crippen molar-refractivity contribution in [1.29, 1.82) is 0 Å². The van der Waals surface area contributed by atoms with Crippen molar-refractivity contribution < 1.29 is 4.79 Å². The summed E-state index contributed by atoms with van der Waals surface area (Å²) in [5.41, 5.74) is 13.8. The van der Waals surface area contributed by atoms with Crippen LogP contribution in [-0.4, -0.2) is 26.8 Å². The minimum atomic E-state index is -0.360. The zero-order chi connectivity index (χ0) is 23.8. The molecule has 0 unspecified atom stereocenters. The molecule has 7 nitrogen and oxygen atoms in total. The minimum Gasteiger partial charge on any atom is -0.383 e. The van der Waals surface area contributed by atoms with Gasteiger partial charge in [0.15, 0.2) is 5.65 Å². The molecule has 5 aromatic rings. The lowest BCUT2D eigenvalue weighted by Crippen LogP contribution is -2.14. The van der Waals surface area contributed by atoms with Crippen LogP contribution in [0.5, 0.6) is 0 Å². The summed E-state index contributed by atoms with van der Waals surface area (Å²) in [5, 5.41) is 7.53. The molecule has 0 spiro atoms. The highest BCUT2D eigenvalue weighted by molar-refractivity contribution is 6.16. The van der Waals surface area contributed by atoms with Crippen LogP contribution in [0, 0.1) is 20.8 Å². The van der Waals surface area contributed by atoms with E-state index in [2.05, 4.69) is 10.4 Å². The zero-order valence-electron chi connectivity index (χ0n) is 19.2. The molecule has 0 atom stereocenters. The second-order valence-corrected chi connectivity index (χ2v) is 8.44. The second kappa shape index (κ2) is 8.44. The van der Waals surface area contributed by atoms with Gasteiger partial charge in [-0.2, -0.15) is 9.78 Å². The molecule has 0 radical (unpaired) electrons. The number of hydrogen-bond donors (Lipinski definition) is 2. The van der Waals surface area contributed by atoms with Crippen LogP contribution in [-0.2, 0) is 0 Å². The summed E-state index contributed by atoms with van der Waals surface area (Å²) in [6, 6.07) is 21.3. The fraction of sp³-hybridized carbons (Fsp3) is 0.111. The average molecular weight is 449 g/mol. The van der Waals surface area contributed by atoms with Crippen molar-refractivity contribution >= 4 is 45.8 Å². The molecule has 0 saturated carbocycles. The molecule has 5 rings (SSSR count). The summed E-state index contributed by atoms with van der Waals surface area (Å²) in [4.78, 5) is 22.9. The number of para-hydroxylation sites is 2. The van der Waals surface area contributed by atoms with Crippen molar-refractivity contribution in [3.63, 3.8) is 0 Å². The smallest absolute Gasteiger partial charge is 0.261 e. The maximum atomic E-state index is 13.4. The highest BCUT2D eigenvalue weighted by Crippen LogP contribution is 2.29. The van der Waals surface area contributed by atoms with Crippen molar-refractivity contribution in [1.82, 2.24) is 14.6 Å². The number of carbonyl (C=O) groups excluding carboxylic acids is 1. The van der Waals surface area contributed by atoms with Gasteiger partial charge in [-0.3, -0.25) is 4.79 Å². The van der Waals surface area contributed by atoms with E-state index in [1.54, 1.807) is 6.21 Å². The van der Waals surface area contributed by atoms with Crippen molar-refractivity contribution in [2.45, 2.75) is 20.8 Å². The third-order valence-corrected chi connectivity index (χ3v) is 5.58. The predicted molar refractivity (Wildman–Crippen MR) is 137 cm³/mol. The number of anilines is 2. The van der Waals surface area contributed by atoms with Crippen molar-refractivity contribution in [3.05, 3.63) is 94.5 Å². The third kappa shape index (κ3) is 3.99. The van der Waals surface area contributed by atoms with Crippen LogP contribution >= 0.6 is 0 Å². The van der Waals surface area contributed by atoms with Gasteiger partial charge in [0.05, 0.1) is 17.2 Å². The Kier molecular flexibility index (Phi) is 5.30. The van der Waals surface area contributed by atoms with Crippen molar-refractivity contribution in [3.8, 4) is 0 Å². The third-order valence-electron chi connectivity index (χ3n) is 5.58. The highest BCUT2D eigenvalue weighted by atomic mass is 16.1. The number of nitrogens with two attached hydrogens (primary N) is 1. The van der Waals surface area contributed by atoms with E-state index in [1.807, 2.05) is 87.5 Å². The molecule has 2 aromatic heterocycles. The van der Waals surface area contributed by atoms with E-state index in [4.69, 9.17) is 15.7 Å². The van der Waals surface area contributed by atoms with E-state index < -0.39 is 0 Å². The summed E-state index contributed by atoms with van der Waals surface area (Å²) < 4.78 is 1.48. The molecule has 0 aliphatic heterocycles. The lowest BCUT2D eigenvalue weighted by Gasteiger charge is -2.08. The molecule has 168 valence electrons. The Morgan fingerprint density at radius 3 is 2.24 bits per heavy atom. The first-order chi connectivity index (χ1) is 16.4. The molecular weight excluding hydrogens is 424 g/mol. The number of fused-ring (bicyclic) bond motifs is 2. The maximum Gasteiger partial charge on any atom is 0.261 e. The van der Waals surface area contributed by atoms with E-state index >= 15 is 0 Å². The molecule has 0 bridgehead atoms. The van der Waals surface area contributed by atoms with Gasteiger partial charge in [0, 0.05) is 5.69 Å². The Morgan fingerprint density at radius 1 is 0.912 bits per heavy atom. The van der Waals surface area contributed by atoms with Gasteiger partial charge in [0.1, 0.15) is 16.9 Å². The molecular formula is C27H24N6O. The van der Waals surface area contributed by atoms with Crippen LogP contribution in [0.25, 0.3) is 22.2 Å². The first-order valence-corrected chi connectivity index (χ1v) is 11.0. The van der Waals surface area contributed by atoms with Crippen LogP contribution in [0.4, 0.5) is 11.5 Å². The lowest BCUT2D eigenvalue weighted by atomic mass is 10.1. The Labute approximate surface area is 197 Å². The number of rotatable bonds is 4. The maximum absolute atomic E-state index is 13.4. The second-order valence-electron chi connectivity index (χ2n) is 8.44. The molecule has 3 N–H and O–H groups in total. The molecule has 2 heterocycles. The number of carbonyl (C=O) groups is 1. The van der Waals surface area contributed by atoms with E-state index in [-0.39, 0.29) is 17.3 Å². The first-order valence-electron chi connectivity index (χ1n) is 11.0. The van der Waals surface area contributed by atoms with Crippen LogP contribution in [0.15, 0.2) is 71.8 Å². The zero-order valence-corrected chi connectivity index (χ0v) is 19.2. The number of nitrogens with one attached hydrogen (secondary N) is 1. The molecule has 1 amide bonds. The number of nitrogen functional groups attached to an aromatic ring is 1. The van der Waals surface area contributed by atoms with Gasteiger partial charge in [-0.1, -0.05) is 48.0 Å². The molecule has 7 heteroatoms. The fourth-order valence-corrected chi connectivity index (χ4v) is 4.01. The number of benzene rings is 3. The average Bonchev–Trinajstić information content (AvgIpc) is 3.06. The van der Waals surface area contributed by atoms with E-state index in [1.165, 1.54) is 4.68 Å². The molecule has 0 aliphatic rings. The summed E-state index contributed by atoms with van der Waals surface area (Å²) in [6.07, 6.45) is 1.69. The van der Waals surface area contributed by atoms with Crippen molar-refractivity contribution in [2.75, 3.05) is 11.1 Å². The number of hydrogen-bond acceptors (Lipinski definition) is 5. The summed E-state index contributed by atoms with van der Waals surface area (Å²) >= 11 is 0. The Hall–Kier alpha value is -4.52. The normalized spacial score (nSPS) is 11.5. The van der Waals surface area contributed by atoms with Gasteiger partial charge < -0.3 is 11.1 Å². The van der Waals surface area contributed by atoms with Crippen LogP contribution in [0.2, 0.25) is 0 Å². The van der Waals surface area contributed by atoms with Gasteiger partial charge in [0.2, 0.25) is 0 Å². The van der Waals surface area contributed by atoms with Crippen LogP contribution in [0.3, 0.4) is 0 Å². The van der Waals surface area contributed by atoms with Crippen LogP contribution < -0.4 is 11.1 Å². The topological polar surface area (TPSA) is 98.2 Å². The van der Waals surface area contributed by atoms with E-state index in [0.29, 0.717) is 27.9 Å². The Balaban J connectivity index is 1.65. The Bertz CT molecular complexity index is 1560. The summed E-state index contributed by atoms with van der Waals surface area (Å²) in [6.45, 7) is 6.00. The van der Waals surface area contributed by atoms with Gasteiger partial charge >= 0.3 is 0 Å². The van der Waals surface area contributed by atoms with Gasteiger partial charge in [0.25, 0.3) is 5.91 Å². The van der Waals surface area contributed by atoms with Crippen LogP contribution in [0.1, 0.15) is 32.6 Å². The van der Waals surface area contributed by atoms with Gasteiger partial charge in [-0.25, -0.2) is 9.97 Å².